The largest absolute Gasteiger partial charge is 0.265 e. The molecular formula is C12H10Br2N2. The highest BCUT2D eigenvalue weighted by molar-refractivity contribution is 9.12. The Kier molecular flexibility index (Phi) is 4.07. The van der Waals surface area contributed by atoms with Gasteiger partial charge in [0, 0.05) is 24.8 Å². The monoisotopic (exact) mass is 340 g/mol. The molecular weight excluding hydrogens is 332 g/mol. The van der Waals surface area contributed by atoms with Crippen LogP contribution in [0.25, 0.3) is 0 Å². The van der Waals surface area contributed by atoms with Crippen LogP contribution in [0.1, 0.15) is 20.8 Å². The van der Waals surface area contributed by atoms with Crippen LogP contribution < -0.4 is 0 Å². The fraction of sp³-hybridized carbons (Fsp3) is 0.167. The lowest BCUT2D eigenvalue weighted by Crippen LogP contribution is -1.99. The first-order chi connectivity index (χ1) is 7.79. The Balaban J connectivity index is 2.20. The zero-order valence-electron chi connectivity index (χ0n) is 8.42. The molecule has 0 unspecified atom stereocenters. The van der Waals surface area contributed by atoms with Crippen LogP contribution >= 0.6 is 31.9 Å². The minimum absolute atomic E-state index is 0.220. The summed E-state index contributed by atoms with van der Waals surface area (Å²) in [4.78, 5) is 8.47. The van der Waals surface area contributed by atoms with Gasteiger partial charge in [-0.1, -0.05) is 31.9 Å². The van der Waals surface area contributed by atoms with Gasteiger partial charge in [0.15, 0.2) is 0 Å². The summed E-state index contributed by atoms with van der Waals surface area (Å²) in [6.07, 6.45) is 7.21. The molecule has 2 aromatic rings. The van der Waals surface area contributed by atoms with Crippen molar-refractivity contribution in [3.05, 3.63) is 60.2 Å². The first-order valence-electron chi connectivity index (χ1n) is 4.87. The standard InChI is InChI=1S/C12H10Br2N2/c13-11(9-1-5-15-6-2-9)12(14)10-3-7-16-8-4-10/h1-8,11-12H/t11-,12-/m0/s1. The number of rotatable bonds is 3. The van der Waals surface area contributed by atoms with E-state index in [9.17, 15) is 0 Å². The van der Waals surface area contributed by atoms with Gasteiger partial charge in [-0.05, 0) is 35.4 Å². The van der Waals surface area contributed by atoms with Crippen LogP contribution in [0, 0.1) is 0 Å². The van der Waals surface area contributed by atoms with Crippen molar-refractivity contribution < 1.29 is 0 Å². The van der Waals surface area contributed by atoms with Gasteiger partial charge < -0.3 is 0 Å². The van der Waals surface area contributed by atoms with Crippen molar-refractivity contribution in [2.45, 2.75) is 9.65 Å². The van der Waals surface area contributed by atoms with Crippen molar-refractivity contribution in [3.63, 3.8) is 0 Å². The van der Waals surface area contributed by atoms with E-state index < -0.39 is 0 Å². The quantitative estimate of drug-likeness (QED) is 0.787. The number of hydrogen-bond acceptors (Lipinski definition) is 2. The summed E-state index contributed by atoms with van der Waals surface area (Å²) in [5, 5.41) is 0. The lowest BCUT2D eigenvalue weighted by Gasteiger charge is -2.17. The first-order valence-corrected chi connectivity index (χ1v) is 6.70. The van der Waals surface area contributed by atoms with Crippen molar-refractivity contribution in [2.24, 2.45) is 0 Å². The summed E-state index contributed by atoms with van der Waals surface area (Å²) in [7, 11) is 0. The third-order valence-corrected chi connectivity index (χ3v) is 5.13. The number of nitrogens with zero attached hydrogens (tertiary/aromatic N) is 2. The molecule has 0 saturated heterocycles. The second kappa shape index (κ2) is 5.55. The van der Waals surface area contributed by atoms with Gasteiger partial charge in [0.05, 0.1) is 9.65 Å². The SMILES string of the molecule is Br[C@@H](c1ccncc1)[C@@H](Br)c1ccncc1. The van der Waals surface area contributed by atoms with Crippen LogP contribution in [0.5, 0.6) is 0 Å². The van der Waals surface area contributed by atoms with E-state index in [1.807, 2.05) is 24.3 Å². The molecule has 0 radical (unpaired) electrons. The molecule has 0 aliphatic heterocycles. The van der Waals surface area contributed by atoms with Gasteiger partial charge in [-0.15, -0.1) is 0 Å². The maximum Gasteiger partial charge on any atom is 0.0562 e. The summed E-state index contributed by atoms with van der Waals surface area (Å²) in [6.45, 7) is 0. The summed E-state index contributed by atoms with van der Waals surface area (Å²) in [5.74, 6) is 0. The van der Waals surface area contributed by atoms with E-state index in [1.165, 1.54) is 11.1 Å². The topological polar surface area (TPSA) is 25.8 Å². The molecule has 0 bridgehead atoms. The molecule has 2 nitrogen and oxygen atoms in total. The van der Waals surface area contributed by atoms with Crippen molar-refractivity contribution in [3.8, 4) is 0 Å². The predicted molar refractivity (Wildman–Crippen MR) is 71.8 cm³/mol. The van der Waals surface area contributed by atoms with E-state index in [0.29, 0.717) is 0 Å². The third kappa shape index (κ3) is 2.68. The number of alkyl halides is 2. The Hall–Kier alpha value is -0.740. The second-order valence-corrected chi connectivity index (χ2v) is 5.34. The molecule has 0 N–H and O–H groups in total. The lowest BCUT2D eigenvalue weighted by atomic mass is 10.1. The van der Waals surface area contributed by atoms with Gasteiger partial charge >= 0.3 is 0 Å². The number of aromatic nitrogens is 2. The molecule has 0 spiro atoms. The van der Waals surface area contributed by atoms with E-state index in [1.54, 1.807) is 24.8 Å². The summed E-state index contributed by atoms with van der Waals surface area (Å²) < 4.78 is 0. The molecule has 0 fully saturated rings. The van der Waals surface area contributed by atoms with Gasteiger partial charge in [0.1, 0.15) is 0 Å². The molecule has 0 aromatic carbocycles. The Morgan fingerprint density at radius 3 is 1.31 bits per heavy atom. The molecule has 16 heavy (non-hydrogen) atoms. The van der Waals surface area contributed by atoms with E-state index >= 15 is 0 Å². The van der Waals surface area contributed by atoms with Crippen molar-refractivity contribution in [2.75, 3.05) is 0 Å². The molecule has 2 atom stereocenters. The average molecular weight is 342 g/mol. The number of pyridine rings is 2. The van der Waals surface area contributed by atoms with Crippen LogP contribution in [0.3, 0.4) is 0 Å². The average Bonchev–Trinajstić information content (AvgIpc) is 2.39. The summed E-state index contributed by atoms with van der Waals surface area (Å²) in [6, 6.07) is 8.04. The zero-order chi connectivity index (χ0) is 11.4. The third-order valence-electron chi connectivity index (χ3n) is 2.31. The maximum atomic E-state index is 4.01. The second-order valence-electron chi connectivity index (χ2n) is 3.36. The molecule has 0 saturated carbocycles. The van der Waals surface area contributed by atoms with Crippen molar-refractivity contribution >= 4 is 31.9 Å². The van der Waals surface area contributed by atoms with E-state index in [0.717, 1.165) is 0 Å². The predicted octanol–water partition coefficient (Wildman–Crippen LogP) is 4.05. The first kappa shape index (κ1) is 11.7. The molecule has 0 aliphatic rings. The van der Waals surface area contributed by atoms with E-state index in [-0.39, 0.29) is 9.65 Å². The summed E-state index contributed by atoms with van der Waals surface area (Å²) >= 11 is 7.39. The molecule has 2 rings (SSSR count). The van der Waals surface area contributed by atoms with Crippen molar-refractivity contribution in [1.29, 1.82) is 0 Å². The highest BCUT2D eigenvalue weighted by Gasteiger charge is 2.19. The minimum atomic E-state index is 0.220. The molecule has 4 heteroatoms. The normalized spacial score (nSPS) is 14.4. The highest BCUT2D eigenvalue weighted by Crippen LogP contribution is 2.41. The fourth-order valence-electron chi connectivity index (χ4n) is 1.43. The van der Waals surface area contributed by atoms with Gasteiger partial charge in [0.2, 0.25) is 0 Å². The van der Waals surface area contributed by atoms with Crippen LogP contribution in [0.15, 0.2) is 49.1 Å². The minimum Gasteiger partial charge on any atom is -0.265 e. The maximum absolute atomic E-state index is 4.01. The van der Waals surface area contributed by atoms with Crippen molar-refractivity contribution in [1.82, 2.24) is 9.97 Å². The Morgan fingerprint density at radius 2 is 1.00 bits per heavy atom. The molecule has 0 aliphatic carbocycles. The number of halogens is 2. The van der Waals surface area contributed by atoms with Gasteiger partial charge in [0.25, 0.3) is 0 Å². The van der Waals surface area contributed by atoms with E-state index in [2.05, 4.69) is 41.8 Å². The molecule has 82 valence electrons. The highest BCUT2D eigenvalue weighted by atomic mass is 79.9. The van der Waals surface area contributed by atoms with Crippen LogP contribution in [0.4, 0.5) is 0 Å². The zero-order valence-corrected chi connectivity index (χ0v) is 11.6. The van der Waals surface area contributed by atoms with E-state index in [4.69, 9.17) is 0 Å². The lowest BCUT2D eigenvalue weighted by molar-refractivity contribution is 0.929. The number of hydrogen-bond donors (Lipinski definition) is 0. The van der Waals surface area contributed by atoms with Gasteiger partial charge in [-0.3, -0.25) is 9.97 Å². The Bertz CT molecular complexity index is 390. The van der Waals surface area contributed by atoms with Crippen LogP contribution in [-0.4, -0.2) is 9.97 Å². The summed E-state index contributed by atoms with van der Waals surface area (Å²) in [5.41, 5.74) is 2.40. The van der Waals surface area contributed by atoms with Gasteiger partial charge in [-0.25, -0.2) is 0 Å². The van der Waals surface area contributed by atoms with Crippen LogP contribution in [0.2, 0.25) is 0 Å². The Morgan fingerprint density at radius 1 is 0.688 bits per heavy atom. The Labute approximate surface area is 111 Å². The molecule has 2 heterocycles. The fourth-order valence-corrected chi connectivity index (χ4v) is 2.65. The molecule has 2 aromatic heterocycles. The van der Waals surface area contributed by atoms with Crippen LogP contribution in [-0.2, 0) is 0 Å². The molecule has 0 amide bonds. The smallest absolute Gasteiger partial charge is 0.0562 e. The van der Waals surface area contributed by atoms with Gasteiger partial charge in [-0.2, -0.15) is 0 Å².